The molecule has 1 aromatic rings. The molecule has 0 unspecified atom stereocenters. The number of aliphatic hydroxyl groups excluding tert-OH is 1. The van der Waals surface area contributed by atoms with Crippen LogP contribution in [0, 0.1) is 19.3 Å². The van der Waals surface area contributed by atoms with Crippen molar-refractivity contribution < 1.29 is 19.4 Å². The van der Waals surface area contributed by atoms with Crippen molar-refractivity contribution in [2.45, 2.75) is 51.7 Å². The van der Waals surface area contributed by atoms with E-state index in [1.807, 2.05) is 26.0 Å². The summed E-state index contributed by atoms with van der Waals surface area (Å²) in [4.78, 5) is 12.7. The van der Waals surface area contributed by atoms with Gasteiger partial charge in [-0.15, -0.1) is 0 Å². The van der Waals surface area contributed by atoms with Crippen LogP contribution in [-0.2, 0) is 14.3 Å². The molecule has 1 aliphatic heterocycles. The Labute approximate surface area is 142 Å². The number of ketones is 1. The predicted octanol–water partition coefficient (Wildman–Crippen LogP) is 3.85. The molecule has 24 heavy (non-hydrogen) atoms. The molecule has 3 aliphatic rings. The molecular formula is C20H24O4. The summed E-state index contributed by atoms with van der Waals surface area (Å²) in [5.41, 5.74) is 3.17. The van der Waals surface area contributed by atoms with Crippen LogP contribution in [0.1, 0.15) is 48.8 Å². The average molecular weight is 328 g/mol. The van der Waals surface area contributed by atoms with Crippen molar-refractivity contribution in [2.24, 2.45) is 5.41 Å². The van der Waals surface area contributed by atoms with Crippen molar-refractivity contribution in [3.63, 3.8) is 0 Å². The van der Waals surface area contributed by atoms with Gasteiger partial charge in [-0.05, 0) is 37.8 Å². The first-order valence-electron chi connectivity index (χ1n) is 8.77. The summed E-state index contributed by atoms with van der Waals surface area (Å²) in [5.74, 6) is -0.132. The molecule has 1 heterocycles. The minimum absolute atomic E-state index is 0.0589. The Hall–Kier alpha value is -1.65. The normalized spacial score (nSPS) is 25.2. The van der Waals surface area contributed by atoms with E-state index in [-0.39, 0.29) is 11.5 Å². The molecule has 4 nitrogen and oxygen atoms in total. The van der Waals surface area contributed by atoms with Crippen molar-refractivity contribution in [2.75, 3.05) is 13.2 Å². The number of allylic oxidation sites excluding steroid dienone is 2. The molecular weight excluding hydrogens is 304 g/mol. The van der Waals surface area contributed by atoms with Gasteiger partial charge in [0, 0.05) is 24.7 Å². The van der Waals surface area contributed by atoms with Gasteiger partial charge in [0.15, 0.2) is 11.6 Å². The van der Waals surface area contributed by atoms with Crippen molar-refractivity contribution in [1.82, 2.24) is 0 Å². The largest absolute Gasteiger partial charge is 0.511 e. The quantitative estimate of drug-likeness (QED) is 0.851. The van der Waals surface area contributed by atoms with Gasteiger partial charge in [0.1, 0.15) is 5.76 Å². The zero-order valence-corrected chi connectivity index (χ0v) is 14.4. The van der Waals surface area contributed by atoms with E-state index in [4.69, 9.17) is 9.47 Å². The molecule has 1 saturated heterocycles. The second-order valence-electron chi connectivity index (χ2n) is 7.53. The van der Waals surface area contributed by atoms with Gasteiger partial charge < -0.3 is 14.6 Å². The summed E-state index contributed by atoms with van der Waals surface area (Å²) in [6.07, 6.45) is 3.35. The molecule has 0 radical (unpaired) electrons. The number of carbonyl (C=O) groups excluding carboxylic acids is 1. The van der Waals surface area contributed by atoms with E-state index >= 15 is 0 Å². The van der Waals surface area contributed by atoms with Gasteiger partial charge in [0.2, 0.25) is 0 Å². The third-order valence-corrected chi connectivity index (χ3v) is 5.95. The van der Waals surface area contributed by atoms with Crippen LogP contribution >= 0.6 is 0 Å². The maximum absolute atomic E-state index is 12.7. The molecule has 1 saturated carbocycles. The number of ether oxygens (including phenoxy) is 2. The molecule has 0 bridgehead atoms. The zero-order valence-electron chi connectivity index (χ0n) is 14.4. The highest BCUT2D eigenvalue weighted by Crippen LogP contribution is 2.55. The second kappa shape index (κ2) is 5.43. The van der Waals surface area contributed by atoms with Crippen LogP contribution in [0.2, 0.25) is 0 Å². The molecule has 1 N–H and O–H groups in total. The lowest BCUT2D eigenvalue weighted by molar-refractivity contribution is -0.190. The van der Waals surface area contributed by atoms with Crippen molar-refractivity contribution in [1.29, 1.82) is 0 Å². The number of benzene rings is 1. The van der Waals surface area contributed by atoms with Crippen LogP contribution in [0.15, 0.2) is 24.0 Å². The highest BCUT2D eigenvalue weighted by Gasteiger charge is 2.53. The van der Waals surface area contributed by atoms with Crippen molar-refractivity contribution in [3.8, 4) is 0 Å². The Morgan fingerprint density at radius 3 is 2.33 bits per heavy atom. The molecule has 2 fully saturated rings. The molecule has 1 aromatic carbocycles. The Balaban J connectivity index is 1.67. The van der Waals surface area contributed by atoms with Crippen molar-refractivity contribution in [3.05, 3.63) is 40.6 Å². The van der Waals surface area contributed by atoms with Crippen LogP contribution in [0.4, 0.5) is 0 Å². The van der Waals surface area contributed by atoms with E-state index in [1.54, 1.807) is 0 Å². The van der Waals surface area contributed by atoms with E-state index in [0.29, 0.717) is 25.2 Å². The Kier molecular flexibility index (Phi) is 3.59. The summed E-state index contributed by atoms with van der Waals surface area (Å²) < 4.78 is 11.6. The molecule has 128 valence electrons. The third kappa shape index (κ3) is 2.32. The lowest BCUT2D eigenvalue weighted by Crippen LogP contribution is -2.40. The molecule has 0 aromatic heterocycles. The molecule has 2 spiro atoms. The fourth-order valence-electron chi connectivity index (χ4n) is 4.56. The summed E-state index contributed by atoms with van der Waals surface area (Å²) in [6.45, 7) is 5.31. The van der Waals surface area contributed by atoms with Crippen LogP contribution in [0.3, 0.4) is 0 Å². The van der Waals surface area contributed by atoms with E-state index in [1.165, 1.54) is 0 Å². The van der Waals surface area contributed by atoms with Crippen LogP contribution in [0.25, 0.3) is 5.57 Å². The maximum Gasteiger partial charge on any atom is 0.168 e. The SMILES string of the molecule is Cc1ccc(C2=C(O)C3(CCC4(CC3)OCCO4)CC2=O)c(C)c1. The van der Waals surface area contributed by atoms with Gasteiger partial charge in [0.05, 0.1) is 18.8 Å². The van der Waals surface area contributed by atoms with E-state index in [2.05, 4.69) is 6.07 Å². The summed E-state index contributed by atoms with van der Waals surface area (Å²) in [5, 5.41) is 11.0. The van der Waals surface area contributed by atoms with Gasteiger partial charge in [-0.25, -0.2) is 0 Å². The van der Waals surface area contributed by atoms with Crippen LogP contribution in [-0.4, -0.2) is 29.9 Å². The fraction of sp³-hybridized carbons (Fsp3) is 0.550. The number of rotatable bonds is 1. The minimum Gasteiger partial charge on any atom is -0.511 e. The van der Waals surface area contributed by atoms with Gasteiger partial charge in [0.25, 0.3) is 0 Å². The Morgan fingerprint density at radius 2 is 1.71 bits per heavy atom. The topological polar surface area (TPSA) is 55.8 Å². The van der Waals surface area contributed by atoms with E-state index in [9.17, 15) is 9.90 Å². The first-order valence-corrected chi connectivity index (χ1v) is 8.77. The first-order chi connectivity index (χ1) is 11.4. The van der Waals surface area contributed by atoms with Gasteiger partial charge in [-0.2, -0.15) is 0 Å². The Bertz CT molecular complexity index is 715. The van der Waals surface area contributed by atoms with Crippen molar-refractivity contribution >= 4 is 11.4 Å². The molecule has 0 atom stereocenters. The third-order valence-electron chi connectivity index (χ3n) is 5.95. The van der Waals surface area contributed by atoms with Gasteiger partial charge in [-0.3, -0.25) is 4.79 Å². The van der Waals surface area contributed by atoms with Crippen LogP contribution in [0.5, 0.6) is 0 Å². The van der Waals surface area contributed by atoms with Gasteiger partial charge in [-0.1, -0.05) is 23.8 Å². The minimum atomic E-state index is -0.475. The monoisotopic (exact) mass is 328 g/mol. The fourth-order valence-corrected chi connectivity index (χ4v) is 4.56. The number of aliphatic hydroxyl groups is 1. The number of carbonyl (C=O) groups is 1. The summed E-state index contributed by atoms with van der Waals surface area (Å²) >= 11 is 0. The van der Waals surface area contributed by atoms with Crippen LogP contribution < -0.4 is 0 Å². The first kappa shape index (κ1) is 15.9. The molecule has 0 amide bonds. The maximum atomic E-state index is 12.7. The lowest BCUT2D eigenvalue weighted by Gasteiger charge is -2.41. The lowest BCUT2D eigenvalue weighted by atomic mass is 9.70. The predicted molar refractivity (Wildman–Crippen MR) is 90.6 cm³/mol. The Morgan fingerprint density at radius 1 is 1.04 bits per heavy atom. The number of hydrogen-bond donors (Lipinski definition) is 1. The zero-order chi connectivity index (χ0) is 16.9. The molecule has 2 aliphatic carbocycles. The number of aryl methyl sites for hydroxylation is 2. The highest BCUT2D eigenvalue weighted by atomic mass is 16.7. The molecule has 4 rings (SSSR count). The molecule has 4 heteroatoms. The standard InChI is InChI=1S/C20H24O4/c1-13-3-4-15(14(2)11-13)17-16(21)12-19(18(17)22)5-7-20(8-6-19)23-9-10-24-20/h3-4,11,22H,5-10,12H2,1-2H3. The summed E-state index contributed by atoms with van der Waals surface area (Å²) in [7, 11) is 0. The second-order valence-corrected chi connectivity index (χ2v) is 7.53. The highest BCUT2D eigenvalue weighted by molar-refractivity contribution is 6.24. The average Bonchev–Trinajstić information content (AvgIpc) is 3.09. The van der Waals surface area contributed by atoms with E-state index in [0.717, 1.165) is 42.4 Å². The number of hydrogen-bond acceptors (Lipinski definition) is 4. The van der Waals surface area contributed by atoms with Gasteiger partial charge >= 0.3 is 0 Å². The van der Waals surface area contributed by atoms with E-state index < -0.39 is 11.2 Å². The smallest absolute Gasteiger partial charge is 0.168 e. The summed E-state index contributed by atoms with van der Waals surface area (Å²) in [6, 6.07) is 6.02. The number of Topliss-reactive ketones (excluding diaryl/α,β-unsaturated/α-hetero) is 1.